The molecule has 1 unspecified atom stereocenters. The van der Waals surface area contributed by atoms with Crippen molar-refractivity contribution in [2.75, 3.05) is 32.3 Å². The smallest absolute Gasteiger partial charge is 0.168 e. The first-order valence-corrected chi connectivity index (χ1v) is 8.02. The maximum atomic E-state index is 8.27. The molecule has 14 heavy (non-hydrogen) atoms. The summed E-state index contributed by atoms with van der Waals surface area (Å²) in [5, 5.41) is 8.27. The van der Waals surface area contributed by atoms with E-state index < -0.39 is 8.38 Å². The topological polar surface area (TPSA) is 51.5 Å². The van der Waals surface area contributed by atoms with Gasteiger partial charge in [0.25, 0.3) is 0 Å². The molecule has 0 bridgehead atoms. The van der Waals surface area contributed by atoms with Crippen molar-refractivity contribution >= 4 is 30.0 Å². The van der Waals surface area contributed by atoms with E-state index in [1.165, 1.54) is 0 Å². The van der Waals surface area contributed by atoms with E-state index in [1.54, 1.807) is 28.7 Å². The van der Waals surface area contributed by atoms with Crippen molar-refractivity contribution in [1.82, 2.24) is 0 Å². The zero-order chi connectivity index (χ0) is 10.6. The maximum Gasteiger partial charge on any atom is 0.168 e. The molecule has 0 aliphatic heterocycles. The number of hydrogen-bond acceptors (Lipinski definition) is 6. The van der Waals surface area contributed by atoms with E-state index in [0.717, 1.165) is 0 Å². The van der Waals surface area contributed by atoms with Gasteiger partial charge >= 0.3 is 0 Å². The summed E-state index contributed by atoms with van der Waals surface area (Å²) in [6, 6.07) is 2.01. The third-order valence-corrected chi connectivity index (χ3v) is 4.02. The Labute approximate surface area is 94.0 Å². The molecule has 0 aromatic rings. The summed E-state index contributed by atoms with van der Waals surface area (Å²) in [6.07, 6.45) is 0.418. The van der Waals surface area contributed by atoms with Crippen LogP contribution in [0.25, 0.3) is 0 Å². The third kappa shape index (κ3) is 10.6. The van der Waals surface area contributed by atoms with Crippen molar-refractivity contribution in [2.24, 2.45) is 0 Å². The number of nitriles is 1. The minimum Gasteiger partial charge on any atom is -0.373 e. The van der Waals surface area contributed by atoms with E-state index in [1.807, 2.05) is 12.7 Å². The standard InChI is InChI=1S/C7H14NO3PS2/c1-9-6-13-14-7-11-12(2)10-5-3-4-8/h3,5-7H2,1-2H3. The molecule has 0 radical (unpaired) electrons. The largest absolute Gasteiger partial charge is 0.373 e. The van der Waals surface area contributed by atoms with E-state index in [9.17, 15) is 0 Å². The van der Waals surface area contributed by atoms with Gasteiger partial charge in [-0.1, -0.05) is 21.6 Å². The first-order valence-electron chi connectivity index (χ1n) is 3.91. The van der Waals surface area contributed by atoms with E-state index in [2.05, 4.69) is 0 Å². The first kappa shape index (κ1) is 14.5. The molecule has 0 amide bonds. The Hall–Kier alpha value is 0.500. The number of methoxy groups -OCH3 is 1. The van der Waals surface area contributed by atoms with E-state index in [4.69, 9.17) is 19.0 Å². The molecule has 7 heteroatoms. The summed E-state index contributed by atoms with van der Waals surface area (Å²) in [6.45, 7) is 2.34. The summed E-state index contributed by atoms with van der Waals surface area (Å²) >= 11 is 0. The number of hydrogen-bond donors (Lipinski definition) is 0. The Bertz CT molecular complexity index is 168. The summed E-state index contributed by atoms with van der Waals surface area (Å²) in [7, 11) is 4.00. The molecule has 0 heterocycles. The second-order valence-corrected chi connectivity index (χ2v) is 5.82. The molecule has 82 valence electrons. The second kappa shape index (κ2) is 11.6. The van der Waals surface area contributed by atoms with E-state index in [-0.39, 0.29) is 0 Å². The van der Waals surface area contributed by atoms with E-state index in [0.29, 0.717) is 24.9 Å². The highest BCUT2D eigenvalue weighted by Crippen LogP contribution is 2.36. The predicted octanol–water partition coefficient (Wildman–Crippen LogP) is 2.82. The zero-order valence-electron chi connectivity index (χ0n) is 8.26. The monoisotopic (exact) mass is 255 g/mol. The highest BCUT2D eigenvalue weighted by molar-refractivity contribution is 8.76. The van der Waals surface area contributed by atoms with Crippen LogP contribution in [0.15, 0.2) is 0 Å². The molecule has 0 fully saturated rings. The fourth-order valence-corrected chi connectivity index (χ4v) is 2.97. The average Bonchev–Trinajstić information content (AvgIpc) is 2.18. The molecule has 0 aromatic heterocycles. The van der Waals surface area contributed by atoms with Crippen LogP contribution in [0.1, 0.15) is 6.42 Å². The average molecular weight is 255 g/mol. The minimum atomic E-state index is -0.839. The van der Waals surface area contributed by atoms with Gasteiger partial charge in [0.05, 0.1) is 19.1 Å². The Morgan fingerprint density at radius 3 is 2.64 bits per heavy atom. The summed E-state index contributed by atoms with van der Waals surface area (Å²) in [4.78, 5) is 0. The van der Waals surface area contributed by atoms with Crippen LogP contribution in [-0.2, 0) is 13.8 Å². The second-order valence-electron chi connectivity index (χ2n) is 2.07. The van der Waals surface area contributed by atoms with Crippen LogP contribution in [-0.4, -0.2) is 32.3 Å². The quantitative estimate of drug-likeness (QED) is 0.273. The van der Waals surface area contributed by atoms with Gasteiger partial charge in [0.1, 0.15) is 11.9 Å². The number of nitrogens with zero attached hydrogens (tertiary/aromatic N) is 1. The van der Waals surface area contributed by atoms with Crippen LogP contribution in [0.5, 0.6) is 0 Å². The highest BCUT2D eigenvalue weighted by atomic mass is 33.1. The van der Waals surface area contributed by atoms with Gasteiger partial charge in [-0.3, -0.25) is 0 Å². The molecule has 0 saturated carbocycles. The summed E-state index contributed by atoms with van der Waals surface area (Å²) < 4.78 is 15.5. The Morgan fingerprint density at radius 1 is 1.29 bits per heavy atom. The minimum absolute atomic E-state index is 0.418. The van der Waals surface area contributed by atoms with Crippen molar-refractivity contribution in [3.8, 4) is 6.07 Å². The molecular weight excluding hydrogens is 241 g/mol. The van der Waals surface area contributed by atoms with Crippen LogP contribution in [0.3, 0.4) is 0 Å². The Kier molecular flexibility index (Phi) is 12.0. The molecule has 0 N–H and O–H groups in total. The molecular formula is C7H14NO3PS2. The lowest BCUT2D eigenvalue weighted by Crippen LogP contribution is -1.91. The van der Waals surface area contributed by atoms with Crippen LogP contribution in [0.2, 0.25) is 0 Å². The van der Waals surface area contributed by atoms with Gasteiger partial charge in [0.15, 0.2) is 8.38 Å². The van der Waals surface area contributed by atoms with Gasteiger partial charge in [0.2, 0.25) is 0 Å². The van der Waals surface area contributed by atoms with Crippen LogP contribution < -0.4 is 0 Å². The SMILES string of the molecule is COCSSCOP(C)OCCC#N. The van der Waals surface area contributed by atoms with Gasteiger partial charge < -0.3 is 13.8 Å². The molecule has 0 saturated heterocycles. The molecule has 0 aromatic carbocycles. The summed E-state index contributed by atoms with van der Waals surface area (Å²) in [5.41, 5.74) is 0. The maximum absolute atomic E-state index is 8.27. The van der Waals surface area contributed by atoms with Crippen molar-refractivity contribution in [1.29, 1.82) is 5.26 Å². The highest BCUT2D eigenvalue weighted by Gasteiger charge is 2.02. The van der Waals surface area contributed by atoms with Crippen LogP contribution in [0.4, 0.5) is 0 Å². The van der Waals surface area contributed by atoms with Gasteiger partial charge in [-0.05, 0) is 0 Å². The van der Waals surface area contributed by atoms with Gasteiger partial charge in [-0.2, -0.15) is 5.26 Å². The first-order chi connectivity index (χ1) is 6.81. The van der Waals surface area contributed by atoms with Crippen molar-refractivity contribution < 1.29 is 13.8 Å². The Balaban J connectivity index is 3.10. The van der Waals surface area contributed by atoms with Gasteiger partial charge in [-0.25, -0.2) is 0 Å². The fraction of sp³-hybridized carbons (Fsp3) is 0.857. The normalized spacial score (nSPS) is 12.4. The lowest BCUT2D eigenvalue weighted by Gasteiger charge is -2.10. The van der Waals surface area contributed by atoms with Gasteiger partial charge in [0, 0.05) is 13.8 Å². The third-order valence-electron chi connectivity index (χ3n) is 1.02. The number of rotatable bonds is 9. The van der Waals surface area contributed by atoms with Gasteiger partial charge in [-0.15, -0.1) is 0 Å². The Morgan fingerprint density at radius 2 is 2.00 bits per heavy atom. The zero-order valence-corrected chi connectivity index (χ0v) is 10.8. The van der Waals surface area contributed by atoms with Crippen LogP contribution in [0, 0.1) is 11.3 Å². The van der Waals surface area contributed by atoms with Crippen molar-refractivity contribution in [3.63, 3.8) is 0 Å². The fourth-order valence-electron chi connectivity index (χ4n) is 0.469. The van der Waals surface area contributed by atoms with Crippen molar-refractivity contribution in [2.45, 2.75) is 6.42 Å². The molecule has 4 nitrogen and oxygen atoms in total. The molecule has 0 spiro atoms. The number of ether oxygens (including phenoxy) is 1. The van der Waals surface area contributed by atoms with Crippen molar-refractivity contribution in [3.05, 3.63) is 0 Å². The molecule has 1 atom stereocenters. The molecule has 0 aliphatic carbocycles. The molecule has 0 aliphatic rings. The summed E-state index contributed by atoms with van der Waals surface area (Å²) in [5.74, 6) is 1.24. The lowest BCUT2D eigenvalue weighted by molar-refractivity contribution is 0.259. The van der Waals surface area contributed by atoms with Crippen LogP contribution >= 0.6 is 30.0 Å². The van der Waals surface area contributed by atoms with E-state index >= 15 is 0 Å². The molecule has 0 rings (SSSR count). The predicted molar refractivity (Wildman–Crippen MR) is 62.0 cm³/mol. The lowest BCUT2D eigenvalue weighted by atomic mass is 10.5.